The third kappa shape index (κ3) is 3.41. The molecule has 2 aliphatic heterocycles. The van der Waals surface area contributed by atoms with Crippen LogP contribution < -0.4 is 9.47 Å². The van der Waals surface area contributed by atoms with E-state index < -0.39 is 0 Å². The summed E-state index contributed by atoms with van der Waals surface area (Å²) in [4.78, 5) is 14.5. The Bertz CT molecular complexity index is 800. The maximum atomic E-state index is 12.6. The number of nitrogens with zero attached hydrogens (tertiary/aromatic N) is 1. The van der Waals surface area contributed by atoms with Gasteiger partial charge in [-0.2, -0.15) is 0 Å². The van der Waals surface area contributed by atoms with Crippen LogP contribution >= 0.6 is 0 Å². The molecule has 1 atom stereocenters. The van der Waals surface area contributed by atoms with Crippen LogP contribution in [0.25, 0.3) is 0 Å². The number of carbonyl (C=O) groups excluding carboxylic acids is 1. The van der Waals surface area contributed by atoms with Gasteiger partial charge in [-0.25, -0.2) is 0 Å². The molecule has 0 aliphatic carbocycles. The van der Waals surface area contributed by atoms with Crippen molar-refractivity contribution < 1.29 is 14.3 Å². The zero-order valence-electron chi connectivity index (χ0n) is 15.4. The van der Waals surface area contributed by atoms with Crippen molar-refractivity contribution in [2.24, 2.45) is 0 Å². The van der Waals surface area contributed by atoms with Gasteiger partial charge in [0, 0.05) is 31.0 Å². The summed E-state index contributed by atoms with van der Waals surface area (Å²) in [5, 5.41) is 0. The third-order valence-corrected chi connectivity index (χ3v) is 5.22. The second-order valence-corrected chi connectivity index (χ2v) is 7.81. The Morgan fingerprint density at radius 1 is 1.19 bits per heavy atom. The Balaban J connectivity index is 1.37. The zero-order chi connectivity index (χ0) is 18.1. The number of ether oxygens (including phenoxy) is 2. The minimum absolute atomic E-state index is 0.0401. The van der Waals surface area contributed by atoms with E-state index in [9.17, 15) is 4.79 Å². The molecular formula is C22H25NO3. The maximum Gasteiger partial charge on any atom is 0.260 e. The minimum Gasteiger partial charge on any atom is -0.483 e. The quantitative estimate of drug-likeness (QED) is 0.841. The second kappa shape index (κ2) is 6.67. The predicted octanol–water partition coefficient (Wildman–Crippen LogP) is 3.80. The van der Waals surface area contributed by atoms with Crippen LogP contribution in [0, 0.1) is 0 Å². The number of para-hydroxylation sites is 1. The molecule has 4 rings (SSSR count). The highest BCUT2D eigenvalue weighted by Crippen LogP contribution is 2.41. The van der Waals surface area contributed by atoms with E-state index in [1.54, 1.807) is 0 Å². The van der Waals surface area contributed by atoms with Crippen molar-refractivity contribution in [3.63, 3.8) is 0 Å². The first-order valence-corrected chi connectivity index (χ1v) is 9.28. The van der Waals surface area contributed by atoms with Crippen LogP contribution in [0.15, 0.2) is 48.5 Å². The average Bonchev–Trinajstić information content (AvgIpc) is 3.23. The van der Waals surface area contributed by atoms with Crippen LogP contribution in [0.5, 0.6) is 11.5 Å². The van der Waals surface area contributed by atoms with Crippen molar-refractivity contribution in [1.29, 1.82) is 0 Å². The Morgan fingerprint density at radius 3 is 2.81 bits per heavy atom. The normalized spacial score (nSPS) is 20.5. The highest BCUT2D eigenvalue weighted by molar-refractivity contribution is 5.78. The van der Waals surface area contributed by atoms with Crippen LogP contribution in [0.1, 0.15) is 37.3 Å². The Kier molecular flexibility index (Phi) is 4.35. The summed E-state index contributed by atoms with van der Waals surface area (Å²) >= 11 is 0. The molecule has 0 radical (unpaired) electrons. The molecule has 1 saturated heterocycles. The number of fused-ring (bicyclic) bond motifs is 1. The Labute approximate surface area is 154 Å². The fourth-order valence-electron chi connectivity index (χ4n) is 3.92. The molecule has 4 heteroatoms. The van der Waals surface area contributed by atoms with Crippen LogP contribution in [0.3, 0.4) is 0 Å². The Morgan fingerprint density at radius 2 is 2.00 bits per heavy atom. The topological polar surface area (TPSA) is 38.8 Å². The molecule has 2 aliphatic rings. The van der Waals surface area contributed by atoms with E-state index >= 15 is 0 Å². The molecule has 2 heterocycles. The second-order valence-electron chi connectivity index (χ2n) is 7.81. The molecule has 0 spiro atoms. The summed E-state index contributed by atoms with van der Waals surface area (Å²) in [7, 11) is 0. The lowest BCUT2D eigenvalue weighted by atomic mass is 9.99. The first-order chi connectivity index (χ1) is 12.5. The lowest BCUT2D eigenvalue weighted by Crippen LogP contribution is -2.33. The molecule has 4 nitrogen and oxygen atoms in total. The molecule has 0 aromatic heterocycles. The van der Waals surface area contributed by atoms with Crippen molar-refractivity contribution >= 4 is 5.91 Å². The first-order valence-electron chi connectivity index (χ1n) is 9.28. The highest BCUT2D eigenvalue weighted by Gasteiger charge is 2.33. The van der Waals surface area contributed by atoms with Gasteiger partial charge in [0.25, 0.3) is 5.91 Å². The Hall–Kier alpha value is -2.49. The van der Waals surface area contributed by atoms with Crippen molar-refractivity contribution in [2.75, 3.05) is 19.7 Å². The summed E-state index contributed by atoms with van der Waals surface area (Å²) in [5.74, 6) is 1.91. The summed E-state index contributed by atoms with van der Waals surface area (Å²) in [6, 6.07) is 16.3. The molecule has 0 N–H and O–H groups in total. The molecule has 1 amide bonds. The standard InChI is InChI=1S/C22H25NO3/c1-22(2)13-17-9-6-10-19(21(17)26-22)25-15-20(24)23-12-11-18(14-23)16-7-4-3-5-8-16/h3-10,18H,11-15H2,1-2H3. The molecule has 2 aromatic rings. The minimum atomic E-state index is -0.219. The number of hydrogen-bond acceptors (Lipinski definition) is 3. The summed E-state index contributed by atoms with van der Waals surface area (Å²) in [5.41, 5.74) is 2.23. The van der Waals surface area contributed by atoms with Gasteiger partial charge < -0.3 is 14.4 Å². The van der Waals surface area contributed by atoms with Gasteiger partial charge in [0.1, 0.15) is 5.60 Å². The molecule has 2 aromatic carbocycles. The van der Waals surface area contributed by atoms with E-state index in [2.05, 4.69) is 44.2 Å². The van der Waals surface area contributed by atoms with Gasteiger partial charge in [-0.05, 0) is 31.9 Å². The summed E-state index contributed by atoms with van der Waals surface area (Å²) in [6.45, 7) is 5.74. The van der Waals surface area contributed by atoms with Gasteiger partial charge in [-0.1, -0.05) is 42.5 Å². The van der Waals surface area contributed by atoms with Crippen molar-refractivity contribution in [3.05, 3.63) is 59.7 Å². The van der Waals surface area contributed by atoms with Gasteiger partial charge in [0.2, 0.25) is 0 Å². The number of amides is 1. The van der Waals surface area contributed by atoms with E-state index in [4.69, 9.17) is 9.47 Å². The fraction of sp³-hybridized carbons (Fsp3) is 0.409. The van der Waals surface area contributed by atoms with E-state index in [1.807, 2.05) is 23.1 Å². The number of rotatable bonds is 4. The molecule has 1 fully saturated rings. The highest BCUT2D eigenvalue weighted by atomic mass is 16.5. The van der Waals surface area contributed by atoms with Crippen LogP contribution in [0.4, 0.5) is 0 Å². The first kappa shape index (κ1) is 17.0. The van der Waals surface area contributed by atoms with Crippen molar-refractivity contribution in [3.8, 4) is 11.5 Å². The smallest absolute Gasteiger partial charge is 0.260 e. The SMILES string of the molecule is CC1(C)Cc2cccc(OCC(=O)N3CCC(c4ccccc4)C3)c2O1. The van der Waals surface area contributed by atoms with Crippen molar-refractivity contribution in [1.82, 2.24) is 4.90 Å². The van der Waals surface area contributed by atoms with Crippen molar-refractivity contribution in [2.45, 2.75) is 38.2 Å². The molecular weight excluding hydrogens is 326 g/mol. The van der Waals surface area contributed by atoms with Crippen LogP contribution in [-0.2, 0) is 11.2 Å². The molecule has 26 heavy (non-hydrogen) atoms. The van der Waals surface area contributed by atoms with E-state index in [0.717, 1.165) is 37.2 Å². The molecule has 0 bridgehead atoms. The third-order valence-electron chi connectivity index (χ3n) is 5.22. The number of carbonyl (C=O) groups is 1. The lowest BCUT2D eigenvalue weighted by molar-refractivity contribution is -0.132. The van der Waals surface area contributed by atoms with Gasteiger partial charge in [0.15, 0.2) is 18.1 Å². The van der Waals surface area contributed by atoms with Crippen LogP contribution in [0.2, 0.25) is 0 Å². The molecule has 136 valence electrons. The van der Waals surface area contributed by atoms with E-state index in [0.29, 0.717) is 11.7 Å². The van der Waals surface area contributed by atoms with Gasteiger partial charge >= 0.3 is 0 Å². The zero-order valence-corrected chi connectivity index (χ0v) is 15.4. The number of benzene rings is 2. The molecule has 0 saturated carbocycles. The van der Waals surface area contributed by atoms with Crippen LogP contribution in [-0.4, -0.2) is 36.1 Å². The van der Waals surface area contributed by atoms with Gasteiger partial charge in [0.05, 0.1) is 0 Å². The maximum absolute atomic E-state index is 12.6. The monoisotopic (exact) mass is 351 g/mol. The summed E-state index contributed by atoms with van der Waals surface area (Å²) in [6.07, 6.45) is 1.87. The predicted molar refractivity (Wildman–Crippen MR) is 101 cm³/mol. The average molecular weight is 351 g/mol. The van der Waals surface area contributed by atoms with Gasteiger partial charge in [-0.15, -0.1) is 0 Å². The number of hydrogen-bond donors (Lipinski definition) is 0. The van der Waals surface area contributed by atoms with E-state index in [1.165, 1.54) is 5.56 Å². The molecule has 1 unspecified atom stereocenters. The fourth-order valence-corrected chi connectivity index (χ4v) is 3.92. The largest absolute Gasteiger partial charge is 0.483 e. The lowest BCUT2D eigenvalue weighted by Gasteiger charge is -2.19. The number of likely N-dealkylation sites (tertiary alicyclic amines) is 1. The van der Waals surface area contributed by atoms with Gasteiger partial charge in [-0.3, -0.25) is 4.79 Å². The van der Waals surface area contributed by atoms with E-state index in [-0.39, 0.29) is 18.1 Å². The summed E-state index contributed by atoms with van der Waals surface area (Å²) < 4.78 is 11.8.